The van der Waals surface area contributed by atoms with E-state index in [0.29, 0.717) is 10.6 Å². The summed E-state index contributed by atoms with van der Waals surface area (Å²) in [5.74, 6) is -1.44. The van der Waals surface area contributed by atoms with Crippen LogP contribution in [0.4, 0.5) is 5.13 Å². The summed E-state index contributed by atoms with van der Waals surface area (Å²) in [6.45, 7) is 5.18. The molecule has 25 heavy (non-hydrogen) atoms. The molecule has 0 aliphatic rings. The van der Waals surface area contributed by atoms with Crippen LogP contribution >= 0.6 is 11.3 Å². The number of aryl methyl sites for hydroxylation is 1. The van der Waals surface area contributed by atoms with E-state index in [1.807, 2.05) is 0 Å². The Kier molecular flexibility index (Phi) is 5.87. The number of methoxy groups -OCH3 is 1. The zero-order valence-electron chi connectivity index (χ0n) is 14.3. The highest BCUT2D eigenvalue weighted by molar-refractivity contribution is 7.17. The number of benzene rings is 1. The van der Waals surface area contributed by atoms with Crippen molar-refractivity contribution in [1.82, 2.24) is 4.98 Å². The number of ether oxygens (including phenoxy) is 2. The van der Waals surface area contributed by atoms with E-state index >= 15 is 0 Å². The van der Waals surface area contributed by atoms with Gasteiger partial charge in [-0.25, -0.2) is 14.6 Å². The Morgan fingerprint density at radius 2 is 1.84 bits per heavy atom. The number of nitrogens with zero attached hydrogens (tertiary/aromatic N) is 1. The minimum absolute atomic E-state index is 0.242. The monoisotopic (exact) mass is 362 g/mol. The number of esters is 2. The van der Waals surface area contributed by atoms with E-state index in [1.165, 1.54) is 13.2 Å². The van der Waals surface area contributed by atoms with Crippen molar-refractivity contribution in [2.24, 2.45) is 0 Å². The van der Waals surface area contributed by atoms with Crippen molar-refractivity contribution in [3.05, 3.63) is 46.0 Å². The molecule has 1 amide bonds. The highest BCUT2D eigenvalue weighted by atomic mass is 32.1. The number of hydrogen-bond acceptors (Lipinski definition) is 7. The molecule has 1 N–H and O–H groups in total. The molecule has 0 saturated heterocycles. The Hall–Kier alpha value is -2.74. The van der Waals surface area contributed by atoms with Crippen molar-refractivity contribution in [3.8, 4) is 0 Å². The number of anilines is 1. The van der Waals surface area contributed by atoms with Crippen LogP contribution in [-0.2, 0) is 9.47 Å². The van der Waals surface area contributed by atoms with Crippen LogP contribution in [0.1, 0.15) is 49.9 Å². The highest BCUT2D eigenvalue weighted by Gasteiger charge is 2.19. The van der Waals surface area contributed by atoms with Gasteiger partial charge in [0.2, 0.25) is 0 Å². The van der Waals surface area contributed by atoms with Gasteiger partial charge in [0, 0.05) is 5.56 Å². The lowest BCUT2D eigenvalue weighted by Crippen LogP contribution is -2.13. The molecule has 7 nitrogen and oxygen atoms in total. The fourth-order valence-electron chi connectivity index (χ4n) is 1.98. The minimum atomic E-state index is -0.529. The molecule has 132 valence electrons. The van der Waals surface area contributed by atoms with Gasteiger partial charge in [-0.2, -0.15) is 0 Å². The number of carbonyl (C=O) groups excluding carboxylic acids is 3. The van der Waals surface area contributed by atoms with Gasteiger partial charge in [-0.3, -0.25) is 10.1 Å². The largest absolute Gasteiger partial charge is 0.465 e. The number of thiazole rings is 1. The van der Waals surface area contributed by atoms with Crippen LogP contribution < -0.4 is 5.32 Å². The summed E-state index contributed by atoms with van der Waals surface area (Å²) in [5, 5.41) is 2.90. The third-order valence-corrected chi connectivity index (χ3v) is 4.14. The Bertz CT molecular complexity index is 813. The average Bonchev–Trinajstić information content (AvgIpc) is 2.94. The Morgan fingerprint density at radius 3 is 2.48 bits per heavy atom. The topological polar surface area (TPSA) is 94.6 Å². The van der Waals surface area contributed by atoms with Crippen molar-refractivity contribution >= 4 is 34.3 Å². The van der Waals surface area contributed by atoms with Gasteiger partial charge in [0.1, 0.15) is 4.88 Å². The second kappa shape index (κ2) is 7.89. The maximum absolute atomic E-state index is 12.3. The van der Waals surface area contributed by atoms with Crippen molar-refractivity contribution in [3.63, 3.8) is 0 Å². The van der Waals surface area contributed by atoms with E-state index in [0.717, 1.165) is 11.3 Å². The van der Waals surface area contributed by atoms with Crippen molar-refractivity contribution < 1.29 is 23.9 Å². The summed E-state index contributed by atoms with van der Waals surface area (Å²) < 4.78 is 9.78. The lowest BCUT2D eigenvalue weighted by atomic mass is 10.1. The number of rotatable bonds is 5. The maximum atomic E-state index is 12.3. The van der Waals surface area contributed by atoms with Gasteiger partial charge < -0.3 is 9.47 Å². The van der Waals surface area contributed by atoms with Crippen LogP contribution in [0.5, 0.6) is 0 Å². The first kappa shape index (κ1) is 18.6. The van der Waals surface area contributed by atoms with E-state index < -0.39 is 17.8 Å². The molecule has 2 aromatic rings. The van der Waals surface area contributed by atoms with Gasteiger partial charge in [-0.05, 0) is 39.0 Å². The first-order chi connectivity index (χ1) is 11.8. The minimum Gasteiger partial charge on any atom is -0.465 e. The average molecular weight is 362 g/mol. The molecule has 0 saturated carbocycles. The Morgan fingerprint density at radius 1 is 1.16 bits per heavy atom. The summed E-state index contributed by atoms with van der Waals surface area (Å²) in [5.41, 5.74) is 1.03. The van der Waals surface area contributed by atoms with Crippen LogP contribution in [0, 0.1) is 6.92 Å². The molecule has 1 aromatic carbocycles. The van der Waals surface area contributed by atoms with Gasteiger partial charge in [0.15, 0.2) is 5.13 Å². The predicted octanol–water partition coefficient (Wildman–Crippen LogP) is 3.06. The zero-order chi connectivity index (χ0) is 18.6. The third-order valence-electron chi connectivity index (χ3n) is 3.09. The summed E-state index contributed by atoms with van der Waals surface area (Å²) in [6.07, 6.45) is -0.242. The van der Waals surface area contributed by atoms with Crippen molar-refractivity contribution in [2.75, 3.05) is 12.4 Å². The van der Waals surface area contributed by atoms with Crippen molar-refractivity contribution in [2.45, 2.75) is 26.9 Å². The van der Waals surface area contributed by atoms with Crippen LogP contribution in [0.25, 0.3) is 0 Å². The van der Waals surface area contributed by atoms with Gasteiger partial charge in [-0.15, -0.1) is 0 Å². The highest BCUT2D eigenvalue weighted by Crippen LogP contribution is 2.24. The number of amides is 1. The standard InChI is InChI=1S/C17H18N2O5S/c1-9(2)24-16(22)13-10(3)18-17(25-13)19-14(20)11-6-5-7-12(8-11)15(21)23-4/h5-9H,1-4H3,(H,18,19,20). The summed E-state index contributed by atoms with van der Waals surface area (Å²) in [7, 11) is 1.27. The molecule has 2 rings (SSSR count). The molecule has 0 aliphatic carbocycles. The molecule has 0 spiro atoms. The van der Waals surface area contributed by atoms with Gasteiger partial charge in [0.05, 0.1) is 24.5 Å². The van der Waals surface area contributed by atoms with Gasteiger partial charge in [-0.1, -0.05) is 17.4 Å². The van der Waals surface area contributed by atoms with Gasteiger partial charge in [0.25, 0.3) is 5.91 Å². The predicted molar refractivity (Wildman–Crippen MR) is 93.1 cm³/mol. The summed E-state index contributed by atoms with van der Waals surface area (Å²) in [6, 6.07) is 6.13. The smallest absolute Gasteiger partial charge is 0.350 e. The second-order valence-electron chi connectivity index (χ2n) is 5.41. The lowest BCUT2D eigenvalue weighted by Gasteiger charge is -2.06. The summed E-state index contributed by atoms with van der Waals surface area (Å²) in [4.78, 5) is 40.4. The molecule has 0 unspecified atom stereocenters. The fraction of sp³-hybridized carbons (Fsp3) is 0.294. The molecule has 0 radical (unpaired) electrons. The number of aromatic nitrogens is 1. The summed E-state index contributed by atoms with van der Waals surface area (Å²) >= 11 is 1.04. The van der Waals surface area contributed by atoms with Crippen LogP contribution in [0.3, 0.4) is 0 Å². The van der Waals surface area contributed by atoms with Crippen molar-refractivity contribution in [1.29, 1.82) is 0 Å². The number of hydrogen-bond donors (Lipinski definition) is 1. The molecule has 0 atom stereocenters. The first-order valence-electron chi connectivity index (χ1n) is 7.50. The zero-order valence-corrected chi connectivity index (χ0v) is 15.1. The first-order valence-corrected chi connectivity index (χ1v) is 8.31. The van der Waals surface area contributed by atoms with E-state index in [2.05, 4.69) is 15.0 Å². The fourth-order valence-corrected chi connectivity index (χ4v) is 2.83. The maximum Gasteiger partial charge on any atom is 0.350 e. The van der Waals surface area contributed by atoms with E-state index in [4.69, 9.17) is 4.74 Å². The molecule has 1 heterocycles. The van der Waals surface area contributed by atoms with Crippen LogP contribution in [0.15, 0.2) is 24.3 Å². The Labute approximate surface area is 149 Å². The molecular weight excluding hydrogens is 344 g/mol. The molecule has 0 bridgehead atoms. The molecule has 1 aromatic heterocycles. The molecule has 8 heteroatoms. The van der Waals surface area contributed by atoms with Crippen LogP contribution in [0.2, 0.25) is 0 Å². The number of nitrogens with one attached hydrogen (secondary N) is 1. The SMILES string of the molecule is COC(=O)c1cccc(C(=O)Nc2nc(C)c(C(=O)OC(C)C)s2)c1. The second-order valence-corrected chi connectivity index (χ2v) is 6.41. The quantitative estimate of drug-likeness (QED) is 0.822. The third kappa shape index (κ3) is 4.63. The van der Waals surface area contributed by atoms with E-state index in [9.17, 15) is 14.4 Å². The molecule has 0 fully saturated rings. The normalized spacial score (nSPS) is 10.4. The van der Waals surface area contributed by atoms with E-state index in [1.54, 1.807) is 39.0 Å². The lowest BCUT2D eigenvalue weighted by molar-refractivity contribution is 0.0382. The van der Waals surface area contributed by atoms with E-state index in [-0.39, 0.29) is 22.4 Å². The molecular formula is C17H18N2O5S. The van der Waals surface area contributed by atoms with Crippen LogP contribution in [-0.4, -0.2) is 36.0 Å². The number of carbonyl (C=O) groups is 3. The molecule has 0 aliphatic heterocycles. The Balaban J connectivity index is 2.16. The van der Waals surface area contributed by atoms with Gasteiger partial charge >= 0.3 is 11.9 Å².